The molecule has 29 heavy (non-hydrogen) atoms. The highest BCUT2D eigenvalue weighted by atomic mass is 16.6. The van der Waals surface area contributed by atoms with Crippen molar-refractivity contribution in [2.45, 2.75) is 26.3 Å². The Morgan fingerprint density at radius 2 is 1.76 bits per heavy atom. The lowest BCUT2D eigenvalue weighted by atomic mass is 10.0. The highest BCUT2D eigenvalue weighted by molar-refractivity contribution is 5.99. The third kappa shape index (κ3) is 4.81. The third-order valence-corrected chi connectivity index (χ3v) is 5.44. The van der Waals surface area contributed by atoms with Crippen LogP contribution in [0.2, 0.25) is 0 Å². The van der Waals surface area contributed by atoms with E-state index < -0.39 is 0 Å². The normalized spacial score (nSPS) is 15.8. The Morgan fingerprint density at radius 1 is 1.03 bits per heavy atom. The molecule has 1 saturated heterocycles. The lowest BCUT2D eigenvalue weighted by Gasteiger charge is -2.34. The Bertz CT molecular complexity index is 959. The minimum Gasteiger partial charge on any atom is -0.323 e. The molecule has 0 unspecified atom stereocenters. The molecule has 152 valence electrons. The van der Waals surface area contributed by atoms with Crippen molar-refractivity contribution in [2.75, 3.05) is 38.0 Å². The van der Waals surface area contributed by atoms with Crippen molar-refractivity contribution in [3.8, 4) is 0 Å². The molecule has 0 atom stereocenters. The van der Waals surface area contributed by atoms with Crippen molar-refractivity contribution in [3.05, 3.63) is 53.6 Å². The van der Waals surface area contributed by atoms with E-state index in [1.54, 1.807) is 6.07 Å². The summed E-state index contributed by atoms with van der Waals surface area (Å²) in [5, 5.41) is 10.6. The predicted molar refractivity (Wildman–Crippen MR) is 113 cm³/mol. The van der Waals surface area contributed by atoms with Gasteiger partial charge in [0.1, 0.15) is 5.52 Å². The van der Waals surface area contributed by atoms with Gasteiger partial charge in [0.15, 0.2) is 5.52 Å². The first-order valence-electron chi connectivity index (χ1n) is 10.1. The molecule has 2 heterocycles. The quantitative estimate of drug-likeness (QED) is 0.694. The molecule has 0 bridgehead atoms. The van der Waals surface area contributed by atoms with E-state index in [0.717, 1.165) is 32.7 Å². The first-order valence-corrected chi connectivity index (χ1v) is 10.1. The molecule has 0 saturated carbocycles. The molecule has 3 aromatic rings. The predicted octanol–water partition coefficient (Wildman–Crippen LogP) is 3.10. The summed E-state index contributed by atoms with van der Waals surface area (Å²) in [7, 11) is 0. The lowest BCUT2D eigenvalue weighted by Crippen LogP contribution is -2.48. The molecule has 1 fully saturated rings. The first kappa shape index (κ1) is 19.5. The minimum absolute atomic E-state index is 0.0433. The number of fused-ring (bicyclic) bond motifs is 1. The Balaban J connectivity index is 1.25. The third-order valence-electron chi connectivity index (χ3n) is 5.44. The van der Waals surface area contributed by atoms with Crippen LogP contribution in [0.15, 0.2) is 47.1 Å². The molecule has 7 heteroatoms. The first-order chi connectivity index (χ1) is 14.1. The van der Waals surface area contributed by atoms with E-state index in [9.17, 15) is 4.79 Å². The van der Waals surface area contributed by atoms with Crippen LogP contribution in [0.1, 0.15) is 30.9 Å². The Labute approximate surface area is 170 Å². The lowest BCUT2D eigenvalue weighted by molar-refractivity contribution is -0.117. The molecule has 1 N–H and O–H groups in total. The number of hydrogen-bond acceptors (Lipinski definition) is 6. The van der Waals surface area contributed by atoms with Gasteiger partial charge in [-0.05, 0) is 39.5 Å². The number of hydrogen-bond donors (Lipinski definition) is 1. The Morgan fingerprint density at radius 3 is 2.48 bits per heavy atom. The Hall–Kier alpha value is -2.77. The minimum atomic E-state index is -0.0433. The van der Waals surface area contributed by atoms with Gasteiger partial charge in [0.05, 0.1) is 12.2 Å². The standard InChI is InChI=1S/C22H27N5O2/c1-16(2)18-8-6-17(7-9-18)14-26-10-12-27(13-11-26)15-21(28)23-19-4-3-5-20-22(19)25-29-24-20/h3-9,16H,10-15H2,1-2H3,(H,23,28). The van der Waals surface area contributed by atoms with Crippen LogP contribution in [-0.2, 0) is 11.3 Å². The van der Waals surface area contributed by atoms with Crippen molar-refractivity contribution in [2.24, 2.45) is 0 Å². The van der Waals surface area contributed by atoms with Crippen LogP contribution in [0.3, 0.4) is 0 Å². The van der Waals surface area contributed by atoms with Crippen molar-refractivity contribution >= 4 is 22.6 Å². The fourth-order valence-corrected chi connectivity index (χ4v) is 3.67. The number of amides is 1. The summed E-state index contributed by atoms with van der Waals surface area (Å²) in [4.78, 5) is 17.1. The van der Waals surface area contributed by atoms with E-state index in [4.69, 9.17) is 4.63 Å². The fourth-order valence-electron chi connectivity index (χ4n) is 3.67. The van der Waals surface area contributed by atoms with Gasteiger partial charge < -0.3 is 5.32 Å². The van der Waals surface area contributed by atoms with E-state index in [1.807, 2.05) is 12.1 Å². The van der Waals surface area contributed by atoms with Crippen molar-refractivity contribution < 1.29 is 9.42 Å². The molecular weight excluding hydrogens is 366 g/mol. The summed E-state index contributed by atoms with van der Waals surface area (Å²) >= 11 is 0. The van der Waals surface area contributed by atoms with Gasteiger partial charge in [0.2, 0.25) is 5.91 Å². The van der Waals surface area contributed by atoms with E-state index in [0.29, 0.717) is 29.2 Å². The van der Waals surface area contributed by atoms with Gasteiger partial charge in [-0.2, -0.15) is 0 Å². The van der Waals surface area contributed by atoms with Crippen molar-refractivity contribution in [3.63, 3.8) is 0 Å². The zero-order valence-corrected chi connectivity index (χ0v) is 17.0. The van der Waals surface area contributed by atoms with E-state index in [1.165, 1.54) is 11.1 Å². The highest BCUT2D eigenvalue weighted by Crippen LogP contribution is 2.20. The number of aromatic nitrogens is 2. The maximum atomic E-state index is 12.5. The second-order valence-corrected chi connectivity index (χ2v) is 7.93. The average Bonchev–Trinajstić information content (AvgIpc) is 3.20. The SMILES string of the molecule is CC(C)c1ccc(CN2CCN(CC(=O)Nc3cccc4nonc34)CC2)cc1. The van der Waals surface area contributed by atoms with Crippen LogP contribution in [0.4, 0.5) is 5.69 Å². The van der Waals surface area contributed by atoms with Crippen LogP contribution >= 0.6 is 0 Å². The van der Waals surface area contributed by atoms with Gasteiger partial charge in [-0.15, -0.1) is 0 Å². The summed E-state index contributed by atoms with van der Waals surface area (Å²) < 4.78 is 4.75. The maximum absolute atomic E-state index is 12.5. The van der Waals surface area contributed by atoms with Crippen LogP contribution in [0.25, 0.3) is 11.0 Å². The van der Waals surface area contributed by atoms with Gasteiger partial charge in [-0.3, -0.25) is 14.6 Å². The van der Waals surface area contributed by atoms with Crippen molar-refractivity contribution in [1.82, 2.24) is 20.1 Å². The second-order valence-electron chi connectivity index (χ2n) is 7.93. The zero-order valence-electron chi connectivity index (χ0n) is 17.0. The highest BCUT2D eigenvalue weighted by Gasteiger charge is 2.20. The average molecular weight is 393 g/mol. The van der Waals surface area contributed by atoms with Gasteiger partial charge in [-0.1, -0.05) is 44.2 Å². The molecule has 1 aromatic heterocycles. The van der Waals surface area contributed by atoms with E-state index >= 15 is 0 Å². The molecule has 1 amide bonds. The number of piperazine rings is 1. The molecule has 2 aromatic carbocycles. The number of nitrogens with zero attached hydrogens (tertiary/aromatic N) is 4. The van der Waals surface area contributed by atoms with E-state index in [2.05, 4.69) is 63.5 Å². The summed E-state index contributed by atoms with van der Waals surface area (Å²) in [5.41, 5.74) is 4.57. The number of nitrogens with one attached hydrogen (secondary N) is 1. The molecular formula is C22H27N5O2. The Kier molecular flexibility index (Phi) is 5.87. The molecule has 7 nitrogen and oxygen atoms in total. The molecule has 0 radical (unpaired) electrons. The molecule has 4 rings (SSSR count). The van der Waals surface area contributed by atoms with Gasteiger partial charge in [0, 0.05) is 32.7 Å². The van der Waals surface area contributed by atoms with Crippen LogP contribution in [0.5, 0.6) is 0 Å². The topological polar surface area (TPSA) is 74.5 Å². The zero-order chi connectivity index (χ0) is 20.2. The summed E-state index contributed by atoms with van der Waals surface area (Å²) in [6.07, 6.45) is 0. The summed E-state index contributed by atoms with van der Waals surface area (Å²) in [5.74, 6) is 0.518. The number of anilines is 1. The van der Waals surface area contributed by atoms with E-state index in [-0.39, 0.29) is 5.91 Å². The summed E-state index contributed by atoms with van der Waals surface area (Å²) in [6, 6.07) is 14.4. The monoisotopic (exact) mass is 393 g/mol. The smallest absolute Gasteiger partial charge is 0.238 e. The van der Waals surface area contributed by atoms with Gasteiger partial charge >= 0.3 is 0 Å². The number of benzene rings is 2. The van der Waals surface area contributed by atoms with Crippen molar-refractivity contribution in [1.29, 1.82) is 0 Å². The number of rotatable bonds is 6. The summed E-state index contributed by atoms with van der Waals surface area (Å²) in [6.45, 7) is 9.45. The van der Waals surface area contributed by atoms with Crippen LogP contribution in [0, 0.1) is 0 Å². The molecule has 0 spiro atoms. The molecule has 1 aliphatic rings. The van der Waals surface area contributed by atoms with Crippen LogP contribution in [-0.4, -0.2) is 58.7 Å². The number of carbonyl (C=O) groups is 1. The van der Waals surface area contributed by atoms with Gasteiger partial charge in [-0.25, -0.2) is 4.63 Å². The van der Waals surface area contributed by atoms with Gasteiger partial charge in [0.25, 0.3) is 0 Å². The second kappa shape index (κ2) is 8.71. The fraction of sp³-hybridized carbons (Fsp3) is 0.409. The molecule has 0 aliphatic carbocycles. The maximum Gasteiger partial charge on any atom is 0.238 e. The largest absolute Gasteiger partial charge is 0.323 e. The number of carbonyl (C=O) groups excluding carboxylic acids is 1. The molecule has 1 aliphatic heterocycles. The van der Waals surface area contributed by atoms with Crippen LogP contribution < -0.4 is 5.32 Å².